The van der Waals surface area contributed by atoms with Crippen molar-refractivity contribution in [1.29, 1.82) is 0 Å². The monoisotopic (exact) mass is 456 g/mol. The molecule has 0 heterocycles. The van der Waals surface area contributed by atoms with E-state index in [0.29, 0.717) is 12.4 Å². The van der Waals surface area contributed by atoms with Crippen molar-refractivity contribution in [2.75, 3.05) is 0 Å². The molecule has 0 radical (unpaired) electrons. The van der Waals surface area contributed by atoms with Crippen molar-refractivity contribution in [3.8, 4) is 5.75 Å². The number of amidine groups is 1. The molecule has 3 nitrogen and oxygen atoms in total. The topological polar surface area (TPSA) is 47.6 Å². The molecule has 0 aliphatic carbocycles. The lowest BCUT2D eigenvalue weighted by Gasteiger charge is -2.20. The molecular formula is C17H19IN2OP2. The van der Waals surface area contributed by atoms with Crippen LogP contribution in [-0.2, 0) is 6.54 Å². The lowest BCUT2D eigenvalue weighted by atomic mass is 10.2. The van der Waals surface area contributed by atoms with E-state index >= 15 is 0 Å². The van der Waals surface area contributed by atoms with E-state index in [1.165, 1.54) is 0 Å². The van der Waals surface area contributed by atoms with E-state index in [-0.39, 0.29) is 0 Å². The highest BCUT2D eigenvalue weighted by atomic mass is 127. The first-order valence-electron chi connectivity index (χ1n) is 7.01. The number of alkyl halides is 1. The summed E-state index contributed by atoms with van der Waals surface area (Å²) in [5.41, 5.74) is 8.05. The maximum atomic E-state index is 5.96. The van der Waals surface area contributed by atoms with E-state index in [9.17, 15) is 0 Å². The molecule has 0 saturated carbocycles. The van der Waals surface area contributed by atoms with Crippen LogP contribution < -0.4 is 10.5 Å². The van der Waals surface area contributed by atoms with Gasteiger partial charge < -0.3 is 10.5 Å². The Balaban J connectivity index is 2.06. The van der Waals surface area contributed by atoms with Crippen molar-refractivity contribution in [2.45, 2.75) is 9.63 Å². The summed E-state index contributed by atoms with van der Waals surface area (Å²) < 4.78 is 5.44. The van der Waals surface area contributed by atoms with Crippen LogP contribution in [0.4, 0.5) is 0 Å². The van der Waals surface area contributed by atoms with Gasteiger partial charge in [0.15, 0.2) is 3.09 Å². The van der Waals surface area contributed by atoms with Crippen molar-refractivity contribution in [3.63, 3.8) is 0 Å². The smallest absolute Gasteiger partial charge is 0.182 e. The average Bonchev–Trinajstić information content (AvgIpc) is 2.51. The summed E-state index contributed by atoms with van der Waals surface area (Å²) in [6.07, 6.45) is 3.76. The quantitative estimate of drug-likeness (QED) is 0.230. The third-order valence-corrected chi connectivity index (χ3v) is 3.37. The molecule has 0 spiro atoms. The van der Waals surface area contributed by atoms with Gasteiger partial charge in [-0.05, 0) is 40.3 Å². The number of hydrogen-bond donors (Lipinski definition) is 1. The highest BCUT2D eigenvalue weighted by Crippen LogP contribution is 2.38. The number of ether oxygens (including phenoxy) is 1. The maximum Gasteiger partial charge on any atom is 0.182 e. The van der Waals surface area contributed by atoms with Gasteiger partial charge in [-0.25, -0.2) is 0 Å². The Hall–Kier alpha value is -0.960. The molecule has 2 unspecified atom stereocenters. The second-order valence-corrected chi connectivity index (χ2v) is 11.3. The van der Waals surface area contributed by atoms with Crippen molar-refractivity contribution >= 4 is 53.0 Å². The number of benzene rings is 2. The van der Waals surface area contributed by atoms with Gasteiger partial charge in [-0.1, -0.05) is 73.1 Å². The predicted octanol–water partition coefficient (Wildman–Crippen LogP) is 4.43. The summed E-state index contributed by atoms with van der Waals surface area (Å²) in [5.74, 6) is 1.29. The number of rotatable bonds is 6. The zero-order valence-corrected chi connectivity index (χ0v) is 17.0. The van der Waals surface area contributed by atoms with Gasteiger partial charge >= 0.3 is 0 Å². The molecule has 0 aliphatic heterocycles. The van der Waals surface area contributed by atoms with Crippen molar-refractivity contribution < 1.29 is 4.74 Å². The van der Waals surface area contributed by atoms with Crippen molar-refractivity contribution in [2.24, 2.45) is 10.7 Å². The Morgan fingerprint density at radius 3 is 2.48 bits per heavy atom. The summed E-state index contributed by atoms with van der Waals surface area (Å²) in [5, 5.41) is 0. The molecule has 0 fully saturated rings. The highest BCUT2D eigenvalue weighted by molar-refractivity contribution is 14.1. The van der Waals surface area contributed by atoms with Gasteiger partial charge in [0, 0.05) is 5.56 Å². The average molecular weight is 456 g/mol. The first kappa shape index (κ1) is 18.4. The largest absolute Gasteiger partial charge is 0.470 e. The SMILES string of the molecule is NC(/C=C/c1ccccc1)=NCc1ccccc1OC(P)(P)I. The first-order valence-corrected chi connectivity index (χ1v) is 9.24. The van der Waals surface area contributed by atoms with E-state index in [2.05, 4.69) is 46.1 Å². The molecule has 6 heteroatoms. The minimum absolute atomic E-state index is 0.434. The minimum Gasteiger partial charge on any atom is -0.470 e. The highest BCUT2D eigenvalue weighted by Gasteiger charge is 2.16. The standard InChI is InChI=1S/C17H19IN2OP2/c18-17(22,23)21-15-9-5-4-8-14(15)12-20-16(19)11-10-13-6-2-1-3-7-13/h1-11H,12,22-23H2,(H2,19,20)/b11-10+. The lowest BCUT2D eigenvalue weighted by molar-refractivity contribution is 0.348. The van der Waals surface area contributed by atoms with Crippen LogP contribution in [0.2, 0.25) is 0 Å². The van der Waals surface area contributed by atoms with Gasteiger partial charge in [-0.3, -0.25) is 4.99 Å². The fourth-order valence-electron chi connectivity index (χ4n) is 1.88. The third-order valence-electron chi connectivity index (χ3n) is 2.92. The number of nitrogens with zero attached hydrogens (tertiary/aromatic N) is 1. The van der Waals surface area contributed by atoms with Gasteiger partial charge in [0.05, 0.1) is 6.54 Å². The first-order chi connectivity index (χ1) is 10.9. The Kier molecular flexibility index (Phi) is 7.01. The number of para-hydroxylation sites is 1. The van der Waals surface area contributed by atoms with Crippen LogP contribution in [0.25, 0.3) is 6.08 Å². The molecule has 0 aromatic heterocycles. The molecule has 2 aromatic carbocycles. The number of halogens is 1. The summed E-state index contributed by atoms with van der Waals surface area (Å²) in [6.45, 7) is 0.475. The molecule has 0 amide bonds. The van der Waals surface area contributed by atoms with Crippen molar-refractivity contribution in [1.82, 2.24) is 0 Å². The summed E-state index contributed by atoms with van der Waals surface area (Å²) in [4.78, 5) is 4.41. The van der Waals surface area contributed by atoms with Gasteiger partial charge in [0.2, 0.25) is 0 Å². The van der Waals surface area contributed by atoms with E-state index in [0.717, 1.165) is 16.9 Å². The molecule has 0 aliphatic rings. The van der Waals surface area contributed by atoms with Crippen LogP contribution in [0, 0.1) is 0 Å². The molecule has 0 bridgehead atoms. The second kappa shape index (κ2) is 8.77. The molecule has 23 heavy (non-hydrogen) atoms. The van der Waals surface area contributed by atoms with Gasteiger partial charge in [0.25, 0.3) is 0 Å². The second-order valence-electron chi connectivity index (χ2n) is 4.89. The minimum atomic E-state index is -0.434. The van der Waals surface area contributed by atoms with E-state index in [1.54, 1.807) is 0 Å². The number of hydrogen-bond acceptors (Lipinski definition) is 2. The van der Waals surface area contributed by atoms with Crippen LogP contribution in [0.3, 0.4) is 0 Å². The zero-order chi connectivity index (χ0) is 16.7. The fourth-order valence-corrected chi connectivity index (χ4v) is 2.37. The molecule has 120 valence electrons. The lowest BCUT2D eigenvalue weighted by Crippen LogP contribution is -2.12. The predicted molar refractivity (Wildman–Crippen MR) is 114 cm³/mol. The summed E-state index contributed by atoms with van der Waals surface area (Å²) in [6, 6.07) is 17.8. The van der Waals surface area contributed by atoms with E-state index in [4.69, 9.17) is 10.5 Å². The molecular weight excluding hydrogens is 437 g/mol. The van der Waals surface area contributed by atoms with Crippen LogP contribution in [0.1, 0.15) is 11.1 Å². The number of aliphatic imine (C=N–C) groups is 1. The fraction of sp³-hybridized carbons (Fsp3) is 0.118. The zero-order valence-electron chi connectivity index (χ0n) is 12.5. The summed E-state index contributed by atoms with van der Waals surface area (Å²) >= 11 is 2.19. The van der Waals surface area contributed by atoms with Gasteiger partial charge in [0.1, 0.15) is 11.6 Å². The van der Waals surface area contributed by atoms with Crippen LogP contribution in [0.15, 0.2) is 65.7 Å². The molecule has 2 N–H and O–H groups in total. The van der Waals surface area contributed by atoms with E-state index in [1.807, 2.05) is 66.7 Å². The summed E-state index contributed by atoms with van der Waals surface area (Å²) in [7, 11) is 5.26. The Morgan fingerprint density at radius 2 is 1.78 bits per heavy atom. The molecule has 2 rings (SSSR count). The normalized spacial score (nSPS) is 12.6. The number of nitrogens with two attached hydrogens (primary N) is 1. The van der Waals surface area contributed by atoms with Crippen LogP contribution in [0.5, 0.6) is 5.75 Å². The van der Waals surface area contributed by atoms with Crippen LogP contribution >= 0.6 is 41.1 Å². The Labute approximate surface area is 155 Å². The molecule has 2 aromatic rings. The van der Waals surface area contributed by atoms with Crippen LogP contribution in [-0.4, -0.2) is 8.93 Å². The Morgan fingerprint density at radius 1 is 1.13 bits per heavy atom. The van der Waals surface area contributed by atoms with Gasteiger partial charge in [-0.15, -0.1) is 0 Å². The van der Waals surface area contributed by atoms with Crippen molar-refractivity contribution in [3.05, 3.63) is 71.8 Å². The van der Waals surface area contributed by atoms with Gasteiger partial charge in [-0.2, -0.15) is 0 Å². The third kappa shape index (κ3) is 6.99. The maximum absolute atomic E-state index is 5.96. The molecule has 2 atom stereocenters. The molecule has 0 saturated heterocycles. The Bertz CT molecular complexity index is 697. The van der Waals surface area contributed by atoms with E-state index < -0.39 is 3.09 Å².